The van der Waals surface area contributed by atoms with Crippen molar-refractivity contribution in [1.29, 1.82) is 0 Å². The summed E-state index contributed by atoms with van der Waals surface area (Å²) in [5, 5.41) is 0. The first-order chi connectivity index (χ1) is 8.26. The van der Waals surface area contributed by atoms with Crippen molar-refractivity contribution in [3.05, 3.63) is 0 Å². The molecule has 0 radical (unpaired) electrons. The van der Waals surface area contributed by atoms with Gasteiger partial charge in [0.1, 0.15) is 0 Å². The highest BCUT2D eigenvalue weighted by Gasteiger charge is 2.36. The summed E-state index contributed by atoms with van der Waals surface area (Å²) < 4.78 is 5.59. The van der Waals surface area contributed by atoms with Crippen LogP contribution in [-0.2, 0) is 9.53 Å². The van der Waals surface area contributed by atoms with Crippen LogP contribution >= 0.6 is 0 Å². The Hall–Kier alpha value is -1.01. The quantitative estimate of drug-likeness (QED) is 0.678. The lowest BCUT2D eigenvalue weighted by atomic mass is 9.97. The molecule has 17 heavy (non-hydrogen) atoms. The molecule has 94 valence electrons. The predicted octanol–water partition coefficient (Wildman–Crippen LogP) is 1.67. The molecule has 0 bridgehead atoms. The predicted molar refractivity (Wildman–Crippen MR) is 66.3 cm³/mol. The summed E-state index contributed by atoms with van der Waals surface area (Å²) in [6.45, 7) is 4.07. The van der Waals surface area contributed by atoms with Gasteiger partial charge < -0.3 is 9.64 Å². The number of rotatable bonds is 5. The van der Waals surface area contributed by atoms with Gasteiger partial charge in [-0.3, -0.25) is 4.79 Å². The number of nitrogens with zero attached hydrogens (tertiary/aromatic N) is 1. The third-order valence-corrected chi connectivity index (χ3v) is 3.70. The maximum absolute atomic E-state index is 12.4. The lowest BCUT2D eigenvalue weighted by molar-refractivity contribution is -0.137. The fourth-order valence-corrected chi connectivity index (χ4v) is 2.52. The first-order valence-electron chi connectivity index (χ1n) is 6.60. The summed E-state index contributed by atoms with van der Waals surface area (Å²) in [5.41, 5.74) is 0. The Morgan fingerprint density at radius 3 is 2.82 bits per heavy atom. The van der Waals surface area contributed by atoms with Gasteiger partial charge in [0, 0.05) is 13.2 Å². The minimum Gasteiger partial charge on any atom is -0.377 e. The third-order valence-electron chi connectivity index (χ3n) is 3.70. The smallest absolute Gasteiger partial charge is 0.229 e. The fourth-order valence-electron chi connectivity index (χ4n) is 2.52. The van der Waals surface area contributed by atoms with Gasteiger partial charge in [-0.25, -0.2) is 0 Å². The van der Waals surface area contributed by atoms with Crippen LogP contribution in [-0.4, -0.2) is 36.6 Å². The van der Waals surface area contributed by atoms with Crippen molar-refractivity contribution >= 4 is 5.91 Å². The molecule has 1 amide bonds. The summed E-state index contributed by atoms with van der Waals surface area (Å²) in [4.78, 5) is 14.3. The number of terminal acetylenes is 1. The van der Waals surface area contributed by atoms with Gasteiger partial charge in [-0.1, -0.05) is 12.8 Å². The van der Waals surface area contributed by atoms with Crippen molar-refractivity contribution in [3.8, 4) is 12.3 Å². The van der Waals surface area contributed by atoms with Gasteiger partial charge in [0.15, 0.2) is 0 Å². The Kier molecular flexibility index (Phi) is 4.06. The minimum absolute atomic E-state index is 0.0344. The van der Waals surface area contributed by atoms with Crippen molar-refractivity contribution in [2.24, 2.45) is 11.8 Å². The third kappa shape index (κ3) is 3.01. The zero-order valence-electron chi connectivity index (χ0n) is 10.5. The molecule has 0 spiro atoms. The van der Waals surface area contributed by atoms with Gasteiger partial charge in [0.05, 0.1) is 18.6 Å². The molecule has 2 fully saturated rings. The zero-order chi connectivity index (χ0) is 12.3. The van der Waals surface area contributed by atoms with Gasteiger partial charge >= 0.3 is 0 Å². The van der Waals surface area contributed by atoms with E-state index in [-0.39, 0.29) is 17.9 Å². The van der Waals surface area contributed by atoms with Crippen molar-refractivity contribution in [1.82, 2.24) is 4.90 Å². The number of amides is 1. The SMILES string of the molecule is C#CCN(CC1CC1)C(=O)C1CCOC1CC. The number of carbonyl (C=O) groups is 1. The van der Waals surface area contributed by atoms with E-state index in [9.17, 15) is 4.79 Å². The van der Waals surface area contributed by atoms with Crippen LogP contribution in [0.2, 0.25) is 0 Å². The van der Waals surface area contributed by atoms with E-state index in [2.05, 4.69) is 12.8 Å². The van der Waals surface area contributed by atoms with Crippen molar-refractivity contribution < 1.29 is 9.53 Å². The highest BCUT2D eigenvalue weighted by atomic mass is 16.5. The molecule has 1 saturated heterocycles. The largest absolute Gasteiger partial charge is 0.377 e. The summed E-state index contributed by atoms with van der Waals surface area (Å²) in [5.74, 6) is 3.53. The summed E-state index contributed by atoms with van der Waals surface area (Å²) in [6.07, 6.45) is 9.70. The number of carbonyl (C=O) groups excluding carboxylic acids is 1. The minimum atomic E-state index is 0.0344. The van der Waals surface area contributed by atoms with E-state index in [0.29, 0.717) is 19.1 Å². The second-order valence-electron chi connectivity index (χ2n) is 5.08. The topological polar surface area (TPSA) is 29.5 Å². The molecule has 2 atom stereocenters. The molecule has 0 aromatic heterocycles. The van der Waals surface area contributed by atoms with Crippen LogP contribution < -0.4 is 0 Å². The Labute approximate surface area is 104 Å². The van der Waals surface area contributed by atoms with Crippen LogP contribution in [0.5, 0.6) is 0 Å². The van der Waals surface area contributed by atoms with Crippen LogP contribution in [0, 0.1) is 24.2 Å². The molecule has 1 aliphatic carbocycles. The Balaban J connectivity index is 1.96. The van der Waals surface area contributed by atoms with E-state index in [1.54, 1.807) is 0 Å². The van der Waals surface area contributed by atoms with Crippen LogP contribution in [0.1, 0.15) is 32.6 Å². The van der Waals surface area contributed by atoms with Crippen LogP contribution in [0.3, 0.4) is 0 Å². The van der Waals surface area contributed by atoms with Gasteiger partial charge in [0.25, 0.3) is 0 Å². The van der Waals surface area contributed by atoms with Crippen LogP contribution in [0.25, 0.3) is 0 Å². The first-order valence-corrected chi connectivity index (χ1v) is 6.60. The van der Waals surface area contributed by atoms with Gasteiger partial charge in [-0.15, -0.1) is 6.42 Å². The summed E-state index contributed by atoms with van der Waals surface area (Å²) >= 11 is 0. The monoisotopic (exact) mass is 235 g/mol. The molecule has 3 heteroatoms. The number of hydrogen-bond acceptors (Lipinski definition) is 2. The van der Waals surface area contributed by atoms with Crippen LogP contribution in [0.15, 0.2) is 0 Å². The van der Waals surface area contributed by atoms with Crippen molar-refractivity contribution in [2.45, 2.75) is 38.7 Å². The molecular formula is C14H21NO2. The lowest BCUT2D eigenvalue weighted by Crippen LogP contribution is -2.40. The molecule has 1 heterocycles. The molecule has 0 N–H and O–H groups in total. The van der Waals surface area contributed by atoms with Crippen molar-refractivity contribution in [2.75, 3.05) is 19.7 Å². The number of ether oxygens (including phenoxy) is 1. The average Bonchev–Trinajstić information content (AvgIpc) is 3.02. The molecular weight excluding hydrogens is 214 g/mol. The molecule has 2 rings (SSSR count). The second-order valence-corrected chi connectivity index (χ2v) is 5.08. The fraction of sp³-hybridized carbons (Fsp3) is 0.786. The van der Waals surface area contributed by atoms with E-state index < -0.39 is 0 Å². The first kappa shape index (κ1) is 12.4. The van der Waals surface area contributed by atoms with E-state index in [1.807, 2.05) is 4.90 Å². The highest BCUT2D eigenvalue weighted by Crippen LogP contribution is 2.31. The van der Waals surface area contributed by atoms with Gasteiger partial charge in [-0.2, -0.15) is 0 Å². The standard InChI is InChI=1S/C14H21NO2/c1-3-8-15(10-11-5-6-11)14(16)12-7-9-17-13(12)4-2/h1,11-13H,4-10H2,2H3. The van der Waals surface area contributed by atoms with E-state index in [1.165, 1.54) is 12.8 Å². The van der Waals surface area contributed by atoms with Gasteiger partial charge in [-0.05, 0) is 31.6 Å². The van der Waals surface area contributed by atoms with E-state index in [0.717, 1.165) is 19.4 Å². The molecule has 0 aromatic rings. The average molecular weight is 235 g/mol. The van der Waals surface area contributed by atoms with Crippen molar-refractivity contribution in [3.63, 3.8) is 0 Å². The molecule has 0 aromatic carbocycles. The second kappa shape index (κ2) is 5.55. The molecule has 2 unspecified atom stereocenters. The normalized spacial score (nSPS) is 27.8. The molecule has 1 aliphatic heterocycles. The van der Waals surface area contributed by atoms with Crippen LogP contribution in [0.4, 0.5) is 0 Å². The lowest BCUT2D eigenvalue weighted by Gasteiger charge is -2.25. The number of hydrogen-bond donors (Lipinski definition) is 0. The summed E-state index contributed by atoms with van der Waals surface area (Å²) in [6, 6.07) is 0. The molecule has 1 saturated carbocycles. The Bertz CT molecular complexity index is 317. The van der Waals surface area contributed by atoms with E-state index >= 15 is 0 Å². The Morgan fingerprint density at radius 1 is 1.47 bits per heavy atom. The molecule has 3 nitrogen and oxygen atoms in total. The highest BCUT2D eigenvalue weighted by molar-refractivity contribution is 5.80. The van der Waals surface area contributed by atoms with Gasteiger partial charge in [0.2, 0.25) is 5.91 Å². The maximum Gasteiger partial charge on any atom is 0.229 e. The zero-order valence-corrected chi connectivity index (χ0v) is 10.5. The van der Waals surface area contributed by atoms with E-state index in [4.69, 9.17) is 11.2 Å². The maximum atomic E-state index is 12.4. The molecule has 2 aliphatic rings. The Morgan fingerprint density at radius 2 is 2.24 bits per heavy atom. The summed E-state index contributed by atoms with van der Waals surface area (Å²) in [7, 11) is 0.